The molecule has 0 aromatic carbocycles. The second-order valence-electron chi connectivity index (χ2n) is 4.06. The summed E-state index contributed by atoms with van der Waals surface area (Å²) >= 11 is 0. The topological polar surface area (TPSA) is 72.5 Å². The minimum absolute atomic E-state index is 0.280. The first kappa shape index (κ1) is 11.9. The van der Waals surface area contributed by atoms with E-state index in [1.807, 2.05) is 25.1 Å². The molecule has 1 aromatic heterocycles. The summed E-state index contributed by atoms with van der Waals surface area (Å²) < 4.78 is 5.47. The second-order valence-corrected chi connectivity index (χ2v) is 4.06. The number of aliphatic imine (C=N–C) groups is 1. The number of pyridine rings is 1. The van der Waals surface area contributed by atoms with Crippen LogP contribution in [-0.2, 0) is 4.74 Å². The van der Waals surface area contributed by atoms with Gasteiger partial charge in [0.05, 0.1) is 12.1 Å². The lowest BCUT2D eigenvalue weighted by atomic mass is 9.90. The van der Waals surface area contributed by atoms with Crippen molar-refractivity contribution in [3.63, 3.8) is 0 Å². The predicted octanol–water partition coefficient (Wildman–Crippen LogP) is 1.38. The number of guanidine groups is 1. The van der Waals surface area contributed by atoms with Gasteiger partial charge in [-0.3, -0.25) is 0 Å². The van der Waals surface area contributed by atoms with Crippen LogP contribution in [-0.4, -0.2) is 29.7 Å². The lowest BCUT2D eigenvalue weighted by molar-refractivity contribution is -0.000702. The molecule has 1 aliphatic carbocycles. The van der Waals surface area contributed by atoms with E-state index in [-0.39, 0.29) is 6.04 Å². The summed E-state index contributed by atoms with van der Waals surface area (Å²) in [5.41, 5.74) is 5.79. The summed E-state index contributed by atoms with van der Waals surface area (Å²) in [5.74, 6) is 1.14. The molecular formula is C12H18N4O. The Balaban J connectivity index is 1.79. The maximum Gasteiger partial charge on any atom is 0.194 e. The van der Waals surface area contributed by atoms with E-state index in [0.29, 0.717) is 12.1 Å². The molecule has 2 rings (SSSR count). The van der Waals surface area contributed by atoms with Crippen LogP contribution in [0.5, 0.6) is 0 Å². The molecule has 1 fully saturated rings. The zero-order valence-corrected chi connectivity index (χ0v) is 9.97. The fourth-order valence-electron chi connectivity index (χ4n) is 1.81. The Kier molecular flexibility index (Phi) is 3.93. The normalized spacial score (nSPS) is 24.2. The molecule has 1 saturated carbocycles. The van der Waals surface area contributed by atoms with Gasteiger partial charge in [0, 0.05) is 12.8 Å². The van der Waals surface area contributed by atoms with Gasteiger partial charge in [0.25, 0.3) is 0 Å². The smallest absolute Gasteiger partial charge is 0.194 e. The molecule has 1 aromatic rings. The molecule has 0 aliphatic heterocycles. The largest absolute Gasteiger partial charge is 0.378 e. The number of nitrogens with one attached hydrogen (secondary N) is 1. The molecule has 0 saturated heterocycles. The molecule has 1 aliphatic rings. The van der Waals surface area contributed by atoms with Crippen molar-refractivity contribution in [2.75, 3.05) is 11.9 Å². The molecule has 3 N–H and O–H groups in total. The molecule has 0 radical (unpaired) electrons. The van der Waals surface area contributed by atoms with Crippen molar-refractivity contribution in [2.45, 2.75) is 31.9 Å². The summed E-state index contributed by atoms with van der Waals surface area (Å²) in [6.45, 7) is 2.77. The van der Waals surface area contributed by atoms with E-state index in [2.05, 4.69) is 15.3 Å². The van der Waals surface area contributed by atoms with Crippen LogP contribution in [0.4, 0.5) is 5.82 Å². The molecule has 92 valence electrons. The standard InChI is InChI=1S/C12H18N4O/c1-2-17-10-7-9(8-10)15-12(13)16-11-5-3-4-6-14-11/h3-6,9-10H,2,7-8H2,1H3,(H3,13,14,15,16). The highest BCUT2D eigenvalue weighted by Gasteiger charge is 2.29. The molecule has 17 heavy (non-hydrogen) atoms. The lowest BCUT2D eigenvalue weighted by Gasteiger charge is -2.32. The van der Waals surface area contributed by atoms with Gasteiger partial charge in [-0.15, -0.1) is 0 Å². The van der Waals surface area contributed by atoms with Gasteiger partial charge in [0.1, 0.15) is 5.82 Å². The lowest BCUT2D eigenvalue weighted by Crippen LogP contribution is -2.37. The van der Waals surface area contributed by atoms with Gasteiger partial charge in [-0.2, -0.15) is 0 Å². The highest BCUT2D eigenvalue weighted by atomic mass is 16.5. The Bertz CT molecular complexity index is 373. The fourth-order valence-corrected chi connectivity index (χ4v) is 1.81. The molecule has 0 spiro atoms. The molecule has 0 unspecified atom stereocenters. The third kappa shape index (κ3) is 3.42. The van der Waals surface area contributed by atoms with Crippen LogP contribution in [0.1, 0.15) is 19.8 Å². The highest BCUT2D eigenvalue weighted by Crippen LogP contribution is 2.26. The molecule has 1 heterocycles. The second kappa shape index (κ2) is 5.63. The third-order valence-corrected chi connectivity index (χ3v) is 2.71. The maximum atomic E-state index is 5.79. The van der Waals surface area contributed by atoms with Gasteiger partial charge in [0.15, 0.2) is 5.96 Å². The van der Waals surface area contributed by atoms with Gasteiger partial charge >= 0.3 is 0 Å². The van der Waals surface area contributed by atoms with Gasteiger partial charge in [-0.1, -0.05) is 6.07 Å². The van der Waals surface area contributed by atoms with E-state index < -0.39 is 0 Å². The average molecular weight is 234 g/mol. The number of nitrogens with two attached hydrogens (primary N) is 1. The third-order valence-electron chi connectivity index (χ3n) is 2.71. The van der Waals surface area contributed by atoms with E-state index in [9.17, 15) is 0 Å². The zero-order chi connectivity index (χ0) is 12.1. The Labute approximate surface area is 101 Å². The van der Waals surface area contributed by atoms with Crippen molar-refractivity contribution in [3.8, 4) is 0 Å². The van der Waals surface area contributed by atoms with Crippen LogP contribution in [0.15, 0.2) is 29.4 Å². The van der Waals surface area contributed by atoms with Crippen molar-refractivity contribution < 1.29 is 4.74 Å². The van der Waals surface area contributed by atoms with E-state index in [1.165, 1.54) is 0 Å². The van der Waals surface area contributed by atoms with E-state index >= 15 is 0 Å². The van der Waals surface area contributed by atoms with Gasteiger partial charge in [-0.25, -0.2) is 9.98 Å². The van der Waals surface area contributed by atoms with Crippen LogP contribution < -0.4 is 11.1 Å². The van der Waals surface area contributed by atoms with Crippen LogP contribution in [0.3, 0.4) is 0 Å². The van der Waals surface area contributed by atoms with Crippen molar-refractivity contribution in [1.29, 1.82) is 0 Å². The van der Waals surface area contributed by atoms with Crippen LogP contribution in [0, 0.1) is 0 Å². The van der Waals surface area contributed by atoms with E-state index in [0.717, 1.165) is 25.3 Å². The number of anilines is 1. The Morgan fingerprint density at radius 2 is 2.41 bits per heavy atom. The average Bonchev–Trinajstić information content (AvgIpc) is 2.27. The molecule has 0 amide bonds. The minimum Gasteiger partial charge on any atom is -0.378 e. The van der Waals surface area contributed by atoms with E-state index in [4.69, 9.17) is 10.5 Å². The molecule has 5 nitrogen and oxygen atoms in total. The molecular weight excluding hydrogens is 216 g/mol. The van der Waals surface area contributed by atoms with Crippen LogP contribution >= 0.6 is 0 Å². The monoisotopic (exact) mass is 234 g/mol. The minimum atomic E-state index is 0.280. The Morgan fingerprint density at radius 3 is 3.06 bits per heavy atom. The number of aromatic nitrogens is 1. The summed E-state index contributed by atoms with van der Waals surface area (Å²) in [6, 6.07) is 5.89. The van der Waals surface area contributed by atoms with Gasteiger partial charge in [0.2, 0.25) is 0 Å². The number of rotatable bonds is 4. The quantitative estimate of drug-likeness (QED) is 0.609. The van der Waals surface area contributed by atoms with Gasteiger partial charge < -0.3 is 15.8 Å². The SMILES string of the molecule is CCOC1CC(N=C(N)Nc2ccccn2)C1. The number of ether oxygens (including phenoxy) is 1. The Hall–Kier alpha value is -1.62. The summed E-state index contributed by atoms with van der Waals surface area (Å²) in [6.07, 6.45) is 3.98. The van der Waals surface area contributed by atoms with Crippen molar-refractivity contribution in [3.05, 3.63) is 24.4 Å². The first-order valence-electron chi connectivity index (χ1n) is 5.91. The van der Waals surface area contributed by atoms with Crippen molar-refractivity contribution >= 4 is 11.8 Å². The highest BCUT2D eigenvalue weighted by molar-refractivity contribution is 5.91. The number of hydrogen-bond acceptors (Lipinski definition) is 3. The Morgan fingerprint density at radius 1 is 1.59 bits per heavy atom. The summed E-state index contributed by atoms with van der Waals surface area (Å²) in [7, 11) is 0. The van der Waals surface area contributed by atoms with Gasteiger partial charge in [-0.05, 0) is 31.9 Å². The number of hydrogen-bond donors (Lipinski definition) is 2. The first-order chi connectivity index (χ1) is 8.28. The summed E-state index contributed by atoms with van der Waals surface area (Å²) in [5, 5.41) is 2.96. The fraction of sp³-hybridized carbons (Fsp3) is 0.500. The van der Waals surface area contributed by atoms with Crippen LogP contribution in [0.25, 0.3) is 0 Å². The maximum absolute atomic E-state index is 5.79. The molecule has 0 atom stereocenters. The number of nitrogens with zero attached hydrogens (tertiary/aromatic N) is 2. The van der Waals surface area contributed by atoms with Crippen molar-refractivity contribution in [2.24, 2.45) is 10.7 Å². The van der Waals surface area contributed by atoms with E-state index in [1.54, 1.807) is 6.20 Å². The molecule has 5 heteroatoms. The summed E-state index contributed by atoms with van der Waals surface area (Å²) in [4.78, 5) is 8.49. The predicted molar refractivity (Wildman–Crippen MR) is 67.9 cm³/mol. The first-order valence-corrected chi connectivity index (χ1v) is 5.91. The van der Waals surface area contributed by atoms with Crippen molar-refractivity contribution in [1.82, 2.24) is 4.98 Å². The van der Waals surface area contributed by atoms with Crippen LogP contribution in [0.2, 0.25) is 0 Å². The zero-order valence-electron chi connectivity index (χ0n) is 9.97. The molecule has 0 bridgehead atoms.